The summed E-state index contributed by atoms with van der Waals surface area (Å²) in [6, 6.07) is 2.04. The molecule has 1 aliphatic rings. The van der Waals surface area contributed by atoms with E-state index >= 15 is 0 Å². The van der Waals surface area contributed by atoms with Crippen LogP contribution >= 0.6 is 0 Å². The molecular formula is C10H11N. The van der Waals surface area contributed by atoms with Gasteiger partial charge >= 0.3 is 0 Å². The third-order valence-electron chi connectivity index (χ3n) is 1.83. The lowest BCUT2D eigenvalue weighted by Crippen LogP contribution is -1.89. The van der Waals surface area contributed by atoms with Crippen LogP contribution in [0.4, 0.5) is 0 Å². The molecule has 0 fully saturated rings. The summed E-state index contributed by atoms with van der Waals surface area (Å²) in [5.41, 5.74) is 2.50. The van der Waals surface area contributed by atoms with Crippen LogP contribution in [0.1, 0.15) is 19.8 Å². The van der Waals surface area contributed by atoms with Crippen molar-refractivity contribution >= 4 is 0 Å². The SMILES string of the molecule is C/C=C1C=C/C(=C/C#N)CC/1. The zero-order valence-corrected chi connectivity index (χ0v) is 6.67. The molecule has 0 unspecified atom stereocenters. The Balaban J connectivity index is 2.73. The van der Waals surface area contributed by atoms with Crippen LogP contribution in [0.3, 0.4) is 0 Å². The molecule has 0 aromatic carbocycles. The molecule has 56 valence electrons. The Morgan fingerprint density at radius 1 is 1.36 bits per heavy atom. The maximum absolute atomic E-state index is 8.37. The van der Waals surface area contributed by atoms with E-state index in [-0.39, 0.29) is 0 Å². The van der Waals surface area contributed by atoms with Crippen LogP contribution < -0.4 is 0 Å². The Morgan fingerprint density at radius 2 is 2.00 bits per heavy atom. The van der Waals surface area contributed by atoms with Crippen LogP contribution in [0.5, 0.6) is 0 Å². The van der Waals surface area contributed by atoms with E-state index in [1.165, 1.54) is 5.57 Å². The van der Waals surface area contributed by atoms with Crippen molar-refractivity contribution in [1.29, 1.82) is 5.26 Å². The van der Waals surface area contributed by atoms with E-state index in [9.17, 15) is 0 Å². The van der Waals surface area contributed by atoms with Gasteiger partial charge in [0.05, 0.1) is 6.07 Å². The lowest BCUT2D eigenvalue weighted by atomic mass is 9.97. The Hall–Kier alpha value is -1.29. The molecule has 0 radical (unpaired) electrons. The molecule has 0 saturated carbocycles. The van der Waals surface area contributed by atoms with Gasteiger partial charge < -0.3 is 0 Å². The Kier molecular flexibility index (Phi) is 2.68. The van der Waals surface area contributed by atoms with Crippen molar-refractivity contribution in [3.63, 3.8) is 0 Å². The van der Waals surface area contributed by atoms with Crippen molar-refractivity contribution in [3.8, 4) is 6.07 Å². The molecular weight excluding hydrogens is 134 g/mol. The number of hydrogen-bond donors (Lipinski definition) is 0. The van der Waals surface area contributed by atoms with E-state index in [0.717, 1.165) is 18.4 Å². The molecule has 0 atom stereocenters. The highest BCUT2D eigenvalue weighted by Gasteiger charge is 2.01. The Labute approximate surface area is 67.3 Å². The highest BCUT2D eigenvalue weighted by atomic mass is 14.2. The second kappa shape index (κ2) is 3.78. The van der Waals surface area contributed by atoms with Crippen molar-refractivity contribution in [2.75, 3.05) is 0 Å². The van der Waals surface area contributed by atoms with E-state index < -0.39 is 0 Å². The smallest absolute Gasteiger partial charge is 0.0914 e. The summed E-state index contributed by atoms with van der Waals surface area (Å²) in [5.74, 6) is 0. The maximum atomic E-state index is 8.37. The van der Waals surface area contributed by atoms with E-state index in [0.29, 0.717) is 0 Å². The quantitative estimate of drug-likeness (QED) is 0.481. The van der Waals surface area contributed by atoms with Gasteiger partial charge in [0, 0.05) is 6.08 Å². The van der Waals surface area contributed by atoms with Crippen LogP contribution in [-0.2, 0) is 0 Å². The first-order valence-electron chi connectivity index (χ1n) is 3.78. The zero-order valence-electron chi connectivity index (χ0n) is 6.67. The molecule has 1 heteroatoms. The number of allylic oxidation sites excluding steroid dienone is 6. The third-order valence-corrected chi connectivity index (χ3v) is 1.83. The highest BCUT2D eigenvalue weighted by molar-refractivity contribution is 5.35. The van der Waals surface area contributed by atoms with Gasteiger partial charge in [-0.05, 0) is 25.3 Å². The first kappa shape index (κ1) is 7.81. The minimum atomic E-state index is 1.00. The van der Waals surface area contributed by atoms with Gasteiger partial charge in [-0.2, -0.15) is 5.26 Å². The Morgan fingerprint density at radius 3 is 2.45 bits per heavy atom. The predicted octanol–water partition coefficient (Wildman–Crippen LogP) is 2.73. The van der Waals surface area contributed by atoms with Crippen molar-refractivity contribution in [3.05, 3.63) is 35.5 Å². The molecule has 0 saturated heterocycles. The van der Waals surface area contributed by atoms with Gasteiger partial charge in [-0.3, -0.25) is 0 Å². The fourth-order valence-corrected chi connectivity index (χ4v) is 1.11. The van der Waals surface area contributed by atoms with Crippen molar-refractivity contribution in [2.45, 2.75) is 19.8 Å². The molecule has 1 nitrogen and oxygen atoms in total. The van der Waals surface area contributed by atoms with E-state index in [1.807, 2.05) is 19.1 Å². The molecule has 0 aliphatic heterocycles. The molecule has 1 rings (SSSR count). The van der Waals surface area contributed by atoms with E-state index in [4.69, 9.17) is 5.26 Å². The van der Waals surface area contributed by atoms with Crippen LogP contribution in [0.2, 0.25) is 0 Å². The molecule has 0 bridgehead atoms. The van der Waals surface area contributed by atoms with Gasteiger partial charge in [0.25, 0.3) is 0 Å². The number of rotatable bonds is 0. The highest BCUT2D eigenvalue weighted by Crippen LogP contribution is 2.19. The molecule has 0 amide bonds. The van der Waals surface area contributed by atoms with Gasteiger partial charge in [-0.1, -0.05) is 23.8 Å². The van der Waals surface area contributed by atoms with Crippen molar-refractivity contribution < 1.29 is 0 Å². The normalized spacial score (nSPS) is 24.0. The van der Waals surface area contributed by atoms with Gasteiger partial charge in [0.15, 0.2) is 0 Å². The number of hydrogen-bond acceptors (Lipinski definition) is 1. The molecule has 0 spiro atoms. The molecule has 11 heavy (non-hydrogen) atoms. The summed E-state index contributed by atoms with van der Waals surface area (Å²) >= 11 is 0. The largest absolute Gasteiger partial charge is 0.193 e. The Bertz CT molecular complexity index is 261. The summed E-state index contributed by atoms with van der Waals surface area (Å²) in [7, 11) is 0. The third kappa shape index (κ3) is 2.09. The summed E-state index contributed by atoms with van der Waals surface area (Å²) in [4.78, 5) is 0. The monoisotopic (exact) mass is 145 g/mol. The maximum Gasteiger partial charge on any atom is 0.0914 e. The van der Waals surface area contributed by atoms with Crippen LogP contribution in [0.15, 0.2) is 35.5 Å². The fourth-order valence-electron chi connectivity index (χ4n) is 1.11. The second-order valence-electron chi connectivity index (χ2n) is 2.55. The van der Waals surface area contributed by atoms with Gasteiger partial charge in [0.1, 0.15) is 0 Å². The topological polar surface area (TPSA) is 23.8 Å². The van der Waals surface area contributed by atoms with Gasteiger partial charge in [0.2, 0.25) is 0 Å². The summed E-state index contributed by atoms with van der Waals surface area (Å²) in [6.07, 6.45) is 9.89. The van der Waals surface area contributed by atoms with Crippen LogP contribution in [0, 0.1) is 11.3 Å². The fraction of sp³-hybridized carbons (Fsp3) is 0.300. The van der Waals surface area contributed by atoms with E-state index in [2.05, 4.69) is 12.2 Å². The van der Waals surface area contributed by atoms with Crippen LogP contribution in [-0.4, -0.2) is 0 Å². The first-order valence-corrected chi connectivity index (χ1v) is 3.78. The minimum absolute atomic E-state index is 1.00. The van der Waals surface area contributed by atoms with Crippen molar-refractivity contribution in [2.24, 2.45) is 0 Å². The number of nitrogens with zero attached hydrogens (tertiary/aromatic N) is 1. The lowest BCUT2D eigenvalue weighted by molar-refractivity contribution is 0.945. The van der Waals surface area contributed by atoms with Gasteiger partial charge in [-0.25, -0.2) is 0 Å². The standard InChI is InChI=1S/C10H11N/c1-2-9-3-5-10(6-4-9)7-8-11/h2-3,5,7H,4,6H2,1H3/b9-2-,10-7-. The molecule has 0 aromatic rings. The summed E-state index contributed by atoms with van der Waals surface area (Å²) in [5, 5.41) is 8.37. The minimum Gasteiger partial charge on any atom is -0.193 e. The average Bonchev–Trinajstić information content (AvgIpc) is 2.07. The van der Waals surface area contributed by atoms with Crippen molar-refractivity contribution in [1.82, 2.24) is 0 Å². The van der Waals surface area contributed by atoms with E-state index in [1.54, 1.807) is 6.08 Å². The predicted molar refractivity (Wildman–Crippen MR) is 45.8 cm³/mol. The zero-order chi connectivity index (χ0) is 8.10. The van der Waals surface area contributed by atoms with Gasteiger partial charge in [-0.15, -0.1) is 0 Å². The molecule has 1 aliphatic carbocycles. The average molecular weight is 145 g/mol. The summed E-state index contributed by atoms with van der Waals surface area (Å²) < 4.78 is 0. The second-order valence-corrected chi connectivity index (χ2v) is 2.55. The molecule has 0 aromatic heterocycles. The lowest BCUT2D eigenvalue weighted by Gasteiger charge is -2.08. The number of nitriles is 1. The summed E-state index contributed by atoms with van der Waals surface area (Å²) in [6.45, 7) is 2.04. The first-order chi connectivity index (χ1) is 5.36. The van der Waals surface area contributed by atoms with Crippen LogP contribution in [0.25, 0.3) is 0 Å². The molecule has 0 N–H and O–H groups in total. The molecule has 0 heterocycles.